The van der Waals surface area contributed by atoms with Crippen LogP contribution < -0.4 is 11.5 Å². The van der Waals surface area contributed by atoms with Crippen molar-refractivity contribution in [3.8, 4) is 0 Å². The van der Waals surface area contributed by atoms with Crippen LogP contribution in [0.2, 0.25) is 0 Å². The Morgan fingerprint density at radius 3 is 2.85 bits per heavy atom. The molecule has 1 aromatic rings. The van der Waals surface area contributed by atoms with Crippen molar-refractivity contribution in [2.24, 2.45) is 5.73 Å². The zero-order valence-electron chi connectivity index (χ0n) is 7.33. The van der Waals surface area contributed by atoms with Gasteiger partial charge < -0.3 is 11.5 Å². The first-order valence-electron chi connectivity index (χ1n) is 3.78. The number of hydrogen-bond acceptors (Lipinski definition) is 5. The molecule has 13 heavy (non-hydrogen) atoms. The molecule has 0 amide bonds. The molecule has 0 saturated heterocycles. The molecule has 1 heterocycles. The molecule has 0 spiro atoms. The minimum Gasteiger partial charge on any atom is -0.379 e. The summed E-state index contributed by atoms with van der Waals surface area (Å²) in [4.78, 5) is 5.30. The molecule has 0 fully saturated rings. The molecule has 0 aliphatic heterocycles. The Morgan fingerprint density at radius 2 is 2.38 bits per heavy atom. The molecule has 0 unspecified atom stereocenters. The molecule has 1 aromatic heterocycles. The van der Waals surface area contributed by atoms with Crippen LogP contribution in [0.25, 0.3) is 0 Å². The SMILES string of the molecule is Cc1nc(N)sc1CCSC(=N)N. The van der Waals surface area contributed by atoms with Crippen LogP contribution in [-0.2, 0) is 6.42 Å². The Labute approximate surface area is 85.2 Å². The van der Waals surface area contributed by atoms with Crippen LogP contribution in [0.15, 0.2) is 0 Å². The monoisotopic (exact) mass is 216 g/mol. The number of nitrogen functional groups attached to an aromatic ring is 1. The van der Waals surface area contributed by atoms with Gasteiger partial charge in [-0.1, -0.05) is 11.8 Å². The van der Waals surface area contributed by atoms with Crippen LogP contribution in [0, 0.1) is 12.3 Å². The maximum Gasteiger partial charge on any atom is 0.180 e. The maximum absolute atomic E-state index is 7.02. The summed E-state index contributed by atoms with van der Waals surface area (Å²) in [6.45, 7) is 1.95. The second-order valence-corrected chi connectivity index (χ2v) is 4.78. The molecular weight excluding hydrogens is 204 g/mol. The van der Waals surface area contributed by atoms with E-state index in [-0.39, 0.29) is 5.17 Å². The third-order valence-corrected chi connectivity index (χ3v) is 3.26. The van der Waals surface area contributed by atoms with Crippen molar-refractivity contribution in [2.45, 2.75) is 13.3 Å². The smallest absolute Gasteiger partial charge is 0.180 e. The molecular formula is C7H12N4S2. The standard InChI is InChI=1S/C7H12N4S2/c1-4-5(13-7(10)11-4)2-3-12-6(8)9/h2-3H2,1H3,(H3,8,9)(H2,10,11). The van der Waals surface area contributed by atoms with Gasteiger partial charge in [0.25, 0.3) is 0 Å². The van der Waals surface area contributed by atoms with E-state index < -0.39 is 0 Å². The lowest BCUT2D eigenvalue weighted by Crippen LogP contribution is -2.05. The lowest BCUT2D eigenvalue weighted by atomic mass is 10.3. The fourth-order valence-corrected chi connectivity index (χ4v) is 2.42. The lowest BCUT2D eigenvalue weighted by Gasteiger charge is -1.96. The Hall–Kier alpha value is -0.750. The van der Waals surface area contributed by atoms with Gasteiger partial charge in [-0.2, -0.15) is 0 Å². The predicted molar refractivity (Wildman–Crippen MR) is 59.3 cm³/mol. The van der Waals surface area contributed by atoms with Gasteiger partial charge >= 0.3 is 0 Å². The number of thioether (sulfide) groups is 1. The predicted octanol–water partition coefficient (Wildman–Crippen LogP) is 1.20. The molecule has 0 aromatic carbocycles. The number of aryl methyl sites for hydroxylation is 2. The molecule has 6 heteroatoms. The van der Waals surface area contributed by atoms with E-state index in [1.807, 2.05) is 6.92 Å². The average molecular weight is 216 g/mol. The number of aromatic nitrogens is 1. The van der Waals surface area contributed by atoms with E-state index in [1.54, 1.807) is 0 Å². The van der Waals surface area contributed by atoms with Crippen LogP contribution in [0.4, 0.5) is 5.13 Å². The lowest BCUT2D eigenvalue weighted by molar-refractivity contribution is 1.13. The number of hydrogen-bond donors (Lipinski definition) is 3. The molecule has 0 aliphatic carbocycles. The van der Waals surface area contributed by atoms with E-state index in [0.29, 0.717) is 5.13 Å². The number of rotatable bonds is 3. The molecule has 0 radical (unpaired) electrons. The fourth-order valence-electron chi connectivity index (χ4n) is 0.936. The molecule has 4 nitrogen and oxygen atoms in total. The van der Waals surface area contributed by atoms with Gasteiger partial charge in [-0.25, -0.2) is 4.98 Å². The number of amidine groups is 1. The summed E-state index contributed by atoms with van der Waals surface area (Å²) in [6, 6.07) is 0. The summed E-state index contributed by atoms with van der Waals surface area (Å²) >= 11 is 2.85. The van der Waals surface area contributed by atoms with E-state index in [1.165, 1.54) is 28.0 Å². The minimum atomic E-state index is 0.162. The Kier molecular flexibility index (Phi) is 3.56. The van der Waals surface area contributed by atoms with Crippen LogP contribution in [0.5, 0.6) is 0 Å². The summed E-state index contributed by atoms with van der Waals surface area (Å²) < 4.78 is 0. The van der Waals surface area contributed by atoms with Gasteiger partial charge in [0.15, 0.2) is 10.3 Å². The van der Waals surface area contributed by atoms with Crippen LogP contribution in [0.1, 0.15) is 10.6 Å². The molecule has 72 valence electrons. The molecule has 1 rings (SSSR count). The van der Waals surface area contributed by atoms with Crippen LogP contribution >= 0.6 is 23.1 Å². The topological polar surface area (TPSA) is 88.8 Å². The summed E-state index contributed by atoms with van der Waals surface area (Å²) in [7, 11) is 0. The quantitative estimate of drug-likeness (QED) is 0.523. The van der Waals surface area contributed by atoms with Gasteiger partial charge in [-0.3, -0.25) is 5.41 Å². The van der Waals surface area contributed by atoms with E-state index in [9.17, 15) is 0 Å². The molecule has 0 saturated carbocycles. The normalized spacial score (nSPS) is 10.2. The highest BCUT2D eigenvalue weighted by Crippen LogP contribution is 2.21. The van der Waals surface area contributed by atoms with Gasteiger partial charge in [-0.15, -0.1) is 11.3 Å². The summed E-state index contributed by atoms with van der Waals surface area (Å²) in [5.41, 5.74) is 11.7. The molecule has 0 atom stereocenters. The maximum atomic E-state index is 7.02. The first kappa shape index (κ1) is 10.3. The van der Waals surface area contributed by atoms with E-state index in [0.717, 1.165) is 17.9 Å². The molecule has 5 N–H and O–H groups in total. The zero-order chi connectivity index (χ0) is 9.84. The summed E-state index contributed by atoms with van der Waals surface area (Å²) in [5, 5.41) is 7.80. The first-order valence-corrected chi connectivity index (χ1v) is 5.58. The second-order valence-electron chi connectivity index (χ2n) is 2.52. The minimum absolute atomic E-state index is 0.162. The largest absolute Gasteiger partial charge is 0.379 e. The van der Waals surface area contributed by atoms with E-state index in [2.05, 4.69) is 4.98 Å². The van der Waals surface area contributed by atoms with Crippen LogP contribution in [-0.4, -0.2) is 15.9 Å². The highest BCUT2D eigenvalue weighted by atomic mass is 32.2. The number of thiazole rings is 1. The highest BCUT2D eigenvalue weighted by Gasteiger charge is 2.04. The van der Waals surface area contributed by atoms with Crippen molar-refractivity contribution in [2.75, 3.05) is 11.5 Å². The third kappa shape index (κ3) is 3.23. The summed E-state index contributed by atoms with van der Waals surface area (Å²) in [6.07, 6.45) is 0.880. The molecule has 0 bridgehead atoms. The van der Waals surface area contributed by atoms with E-state index in [4.69, 9.17) is 16.9 Å². The Balaban J connectivity index is 2.45. The summed E-state index contributed by atoms with van der Waals surface area (Å²) in [5.74, 6) is 0.817. The van der Waals surface area contributed by atoms with Crippen molar-refractivity contribution >= 4 is 33.4 Å². The van der Waals surface area contributed by atoms with Gasteiger partial charge in [0.1, 0.15) is 0 Å². The third-order valence-electron chi connectivity index (χ3n) is 1.50. The fraction of sp³-hybridized carbons (Fsp3) is 0.429. The van der Waals surface area contributed by atoms with Crippen LogP contribution in [0.3, 0.4) is 0 Å². The van der Waals surface area contributed by atoms with Crippen molar-refractivity contribution < 1.29 is 0 Å². The van der Waals surface area contributed by atoms with Crippen molar-refractivity contribution in [3.05, 3.63) is 10.6 Å². The van der Waals surface area contributed by atoms with Crippen molar-refractivity contribution in [1.82, 2.24) is 4.98 Å². The van der Waals surface area contributed by atoms with Gasteiger partial charge in [0.05, 0.1) is 5.69 Å². The highest BCUT2D eigenvalue weighted by molar-refractivity contribution is 8.13. The second kappa shape index (κ2) is 4.48. The number of nitrogens with two attached hydrogens (primary N) is 2. The van der Waals surface area contributed by atoms with Crippen molar-refractivity contribution in [3.63, 3.8) is 0 Å². The first-order chi connectivity index (χ1) is 6.09. The number of anilines is 1. The Bertz CT molecular complexity index is 307. The zero-order valence-corrected chi connectivity index (χ0v) is 8.97. The number of nitrogens with one attached hydrogen (secondary N) is 1. The van der Waals surface area contributed by atoms with E-state index >= 15 is 0 Å². The molecule has 0 aliphatic rings. The van der Waals surface area contributed by atoms with Gasteiger partial charge in [0.2, 0.25) is 0 Å². The van der Waals surface area contributed by atoms with Gasteiger partial charge in [-0.05, 0) is 13.3 Å². The number of nitrogens with zero attached hydrogens (tertiary/aromatic N) is 1. The Morgan fingerprint density at radius 1 is 1.69 bits per heavy atom. The van der Waals surface area contributed by atoms with Gasteiger partial charge in [0, 0.05) is 10.6 Å². The van der Waals surface area contributed by atoms with Crippen molar-refractivity contribution in [1.29, 1.82) is 5.41 Å². The average Bonchev–Trinajstić information content (AvgIpc) is 2.29.